The molecule has 3 heterocycles. The molecule has 1 amide bonds. The van der Waals surface area contributed by atoms with Crippen LogP contribution in [0.4, 0.5) is 5.82 Å². The van der Waals surface area contributed by atoms with Gasteiger partial charge in [-0.1, -0.05) is 30.3 Å². The standard InChI is InChI=1S/C23H25N5O/c29-23(25-17-20-8-12-24-13-9-20)21-6-7-22(27-26-21)28-14-10-19(11-15-28)16-18-4-2-1-3-5-18/h1-9,12-13,19H,10-11,14-17H2,(H,25,29). The second kappa shape index (κ2) is 9.28. The molecule has 1 aliphatic rings. The number of amides is 1. The molecule has 3 aromatic rings. The highest BCUT2D eigenvalue weighted by molar-refractivity contribution is 5.92. The molecule has 0 atom stereocenters. The molecular weight excluding hydrogens is 362 g/mol. The molecular formula is C23H25N5O. The minimum atomic E-state index is -0.220. The summed E-state index contributed by atoms with van der Waals surface area (Å²) in [5.41, 5.74) is 2.74. The first-order valence-corrected chi connectivity index (χ1v) is 10.1. The molecule has 0 saturated carbocycles. The normalized spacial score (nSPS) is 14.6. The maximum atomic E-state index is 12.3. The Morgan fingerprint density at radius 2 is 1.69 bits per heavy atom. The van der Waals surface area contributed by atoms with Crippen molar-refractivity contribution >= 4 is 11.7 Å². The summed E-state index contributed by atoms with van der Waals surface area (Å²) < 4.78 is 0. The molecule has 1 saturated heterocycles. The lowest BCUT2D eigenvalue weighted by Crippen LogP contribution is -2.35. The predicted molar refractivity (Wildman–Crippen MR) is 113 cm³/mol. The molecule has 0 unspecified atom stereocenters. The molecule has 4 rings (SSSR count). The maximum Gasteiger partial charge on any atom is 0.272 e. The Labute approximate surface area is 171 Å². The Hall–Kier alpha value is -3.28. The van der Waals surface area contributed by atoms with E-state index in [2.05, 4.69) is 55.7 Å². The van der Waals surface area contributed by atoms with Crippen molar-refractivity contribution < 1.29 is 4.79 Å². The molecule has 6 nitrogen and oxygen atoms in total. The number of aromatic nitrogens is 3. The minimum absolute atomic E-state index is 0.220. The summed E-state index contributed by atoms with van der Waals surface area (Å²) >= 11 is 0. The van der Waals surface area contributed by atoms with Gasteiger partial charge in [-0.25, -0.2) is 0 Å². The van der Waals surface area contributed by atoms with Crippen LogP contribution >= 0.6 is 0 Å². The molecule has 1 aromatic carbocycles. The van der Waals surface area contributed by atoms with Crippen LogP contribution in [0.2, 0.25) is 0 Å². The van der Waals surface area contributed by atoms with Gasteiger partial charge >= 0.3 is 0 Å². The number of hydrogen-bond donors (Lipinski definition) is 1. The van der Waals surface area contributed by atoms with Gasteiger partial charge in [0, 0.05) is 32.0 Å². The Balaban J connectivity index is 1.27. The molecule has 0 aliphatic carbocycles. The second-order valence-corrected chi connectivity index (χ2v) is 7.44. The van der Waals surface area contributed by atoms with E-state index in [4.69, 9.17) is 0 Å². The van der Waals surface area contributed by atoms with Crippen molar-refractivity contribution in [3.63, 3.8) is 0 Å². The van der Waals surface area contributed by atoms with E-state index in [9.17, 15) is 4.79 Å². The molecule has 0 bridgehead atoms. The van der Waals surface area contributed by atoms with Gasteiger partial charge in [-0.3, -0.25) is 9.78 Å². The van der Waals surface area contributed by atoms with Gasteiger partial charge in [0.25, 0.3) is 5.91 Å². The van der Waals surface area contributed by atoms with Gasteiger partial charge in [0.1, 0.15) is 0 Å². The predicted octanol–water partition coefficient (Wildman–Crippen LogP) is 3.26. The van der Waals surface area contributed by atoms with Crippen LogP contribution < -0.4 is 10.2 Å². The van der Waals surface area contributed by atoms with Crippen LogP contribution in [0.15, 0.2) is 67.0 Å². The van der Waals surface area contributed by atoms with Crippen molar-refractivity contribution in [2.75, 3.05) is 18.0 Å². The molecule has 148 valence electrons. The van der Waals surface area contributed by atoms with Crippen LogP contribution in [-0.2, 0) is 13.0 Å². The fraction of sp³-hybridized carbons (Fsp3) is 0.304. The summed E-state index contributed by atoms with van der Waals surface area (Å²) in [6.07, 6.45) is 6.84. The molecule has 0 spiro atoms. The Morgan fingerprint density at radius 1 is 0.931 bits per heavy atom. The van der Waals surface area contributed by atoms with Crippen LogP contribution in [-0.4, -0.2) is 34.2 Å². The number of hydrogen-bond acceptors (Lipinski definition) is 5. The van der Waals surface area contributed by atoms with Crippen LogP contribution in [0.3, 0.4) is 0 Å². The van der Waals surface area contributed by atoms with Crippen LogP contribution in [0, 0.1) is 5.92 Å². The summed E-state index contributed by atoms with van der Waals surface area (Å²) in [7, 11) is 0. The third-order valence-corrected chi connectivity index (χ3v) is 5.39. The van der Waals surface area contributed by atoms with Crippen molar-refractivity contribution in [3.8, 4) is 0 Å². The molecule has 29 heavy (non-hydrogen) atoms. The van der Waals surface area contributed by atoms with E-state index in [1.807, 2.05) is 18.2 Å². The van der Waals surface area contributed by atoms with Crippen molar-refractivity contribution in [3.05, 3.63) is 83.8 Å². The van der Waals surface area contributed by atoms with Crippen molar-refractivity contribution in [2.24, 2.45) is 5.92 Å². The topological polar surface area (TPSA) is 71.0 Å². The van der Waals surface area contributed by atoms with Crippen LogP contribution in [0.1, 0.15) is 34.5 Å². The fourth-order valence-corrected chi connectivity index (χ4v) is 3.70. The fourth-order valence-electron chi connectivity index (χ4n) is 3.70. The lowest BCUT2D eigenvalue weighted by molar-refractivity contribution is 0.0945. The van der Waals surface area contributed by atoms with Gasteiger partial charge < -0.3 is 10.2 Å². The number of carbonyl (C=O) groups is 1. The highest BCUT2D eigenvalue weighted by atomic mass is 16.1. The zero-order valence-corrected chi connectivity index (χ0v) is 16.4. The number of carbonyl (C=O) groups excluding carboxylic acids is 1. The highest BCUT2D eigenvalue weighted by Crippen LogP contribution is 2.24. The summed E-state index contributed by atoms with van der Waals surface area (Å²) in [5.74, 6) is 1.33. The molecule has 0 radical (unpaired) electrons. The van der Waals surface area contributed by atoms with Crippen molar-refractivity contribution in [2.45, 2.75) is 25.8 Å². The zero-order valence-electron chi connectivity index (χ0n) is 16.4. The number of nitrogens with one attached hydrogen (secondary N) is 1. The largest absolute Gasteiger partial charge is 0.355 e. The van der Waals surface area contributed by atoms with E-state index in [-0.39, 0.29) is 5.91 Å². The van der Waals surface area contributed by atoms with E-state index in [1.54, 1.807) is 18.5 Å². The lowest BCUT2D eigenvalue weighted by atomic mass is 9.90. The second-order valence-electron chi connectivity index (χ2n) is 7.44. The van der Waals surface area contributed by atoms with E-state index in [0.29, 0.717) is 18.2 Å². The quantitative estimate of drug-likeness (QED) is 0.703. The number of pyridine rings is 1. The first-order valence-electron chi connectivity index (χ1n) is 10.1. The van der Waals surface area contributed by atoms with E-state index >= 15 is 0 Å². The summed E-state index contributed by atoms with van der Waals surface area (Å²) in [6, 6.07) is 18.1. The monoisotopic (exact) mass is 387 g/mol. The van der Waals surface area contributed by atoms with Crippen LogP contribution in [0.25, 0.3) is 0 Å². The number of rotatable bonds is 6. The number of nitrogens with zero attached hydrogens (tertiary/aromatic N) is 4. The number of anilines is 1. The van der Waals surface area contributed by atoms with E-state index < -0.39 is 0 Å². The van der Waals surface area contributed by atoms with Gasteiger partial charge in [-0.2, -0.15) is 0 Å². The van der Waals surface area contributed by atoms with E-state index in [1.165, 1.54) is 5.56 Å². The average molecular weight is 387 g/mol. The molecule has 1 N–H and O–H groups in total. The third-order valence-electron chi connectivity index (χ3n) is 5.39. The van der Waals surface area contributed by atoms with Crippen molar-refractivity contribution in [1.29, 1.82) is 0 Å². The van der Waals surface area contributed by atoms with Gasteiger partial charge in [0.15, 0.2) is 11.5 Å². The first-order chi connectivity index (χ1) is 14.3. The van der Waals surface area contributed by atoms with Gasteiger partial charge in [0.2, 0.25) is 0 Å². The SMILES string of the molecule is O=C(NCc1ccncc1)c1ccc(N2CCC(Cc3ccccc3)CC2)nn1. The lowest BCUT2D eigenvalue weighted by Gasteiger charge is -2.32. The minimum Gasteiger partial charge on any atom is -0.355 e. The summed E-state index contributed by atoms with van der Waals surface area (Å²) in [5, 5.41) is 11.3. The van der Waals surface area contributed by atoms with Gasteiger partial charge in [0.05, 0.1) is 0 Å². The van der Waals surface area contributed by atoms with Crippen LogP contribution in [0.5, 0.6) is 0 Å². The highest BCUT2D eigenvalue weighted by Gasteiger charge is 2.21. The maximum absolute atomic E-state index is 12.3. The molecule has 1 fully saturated rings. The number of benzene rings is 1. The molecule has 2 aromatic heterocycles. The van der Waals surface area contributed by atoms with E-state index in [0.717, 1.165) is 43.7 Å². The summed E-state index contributed by atoms with van der Waals surface area (Å²) in [4.78, 5) is 18.5. The zero-order chi connectivity index (χ0) is 19.9. The first kappa shape index (κ1) is 19.1. The Kier molecular flexibility index (Phi) is 6.10. The van der Waals surface area contributed by atoms with Gasteiger partial charge in [-0.15, -0.1) is 10.2 Å². The van der Waals surface area contributed by atoms with Crippen molar-refractivity contribution in [1.82, 2.24) is 20.5 Å². The Bertz CT molecular complexity index is 907. The molecule has 6 heteroatoms. The summed E-state index contributed by atoms with van der Waals surface area (Å²) in [6.45, 7) is 2.39. The van der Waals surface area contributed by atoms with Gasteiger partial charge in [-0.05, 0) is 60.6 Å². The average Bonchev–Trinajstić information content (AvgIpc) is 2.79. The third kappa shape index (κ3) is 5.16. The Morgan fingerprint density at radius 3 is 2.38 bits per heavy atom. The molecule has 1 aliphatic heterocycles. The smallest absolute Gasteiger partial charge is 0.272 e. The number of piperidine rings is 1.